The summed E-state index contributed by atoms with van der Waals surface area (Å²) in [6, 6.07) is 1.08. The average molecular weight is 769 g/mol. The van der Waals surface area contributed by atoms with Gasteiger partial charge < -0.3 is 52.0 Å². The number of amides is 6. The highest BCUT2D eigenvalue weighted by Crippen LogP contribution is 2.26. The number of hydrogen-bond donors (Lipinski definition) is 8. The van der Waals surface area contributed by atoms with E-state index in [1.807, 2.05) is 52.0 Å². The molecule has 0 spiro atoms. The maximum atomic E-state index is 13.9. The molecule has 0 saturated carbocycles. The van der Waals surface area contributed by atoms with Crippen molar-refractivity contribution in [2.75, 3.05) is 26.2 Å². The lowest BCUT2D eigenvalue weighted by atomic mass is 10.0. The second-order valence-corrected chi connectivity index (χ2v) is 15.3. The highest BCUT2D eigenvalue weighted by molar-refractivity contribution is 5.97. The molecule has 6 amide bonds. The first kappa shape index (κ1) is 42.7. The molecule has 0 aliphatic carbocycles. The number of nitrogens with one attached hydrogen (secondary N) is 5. The second-order valence-electron chi connectivity index (χ2n) is 15.3. The van der Waals surface area contributed by atoms with Crippen LogP contribution in [0.2, 0.25) is 0 Å². The number of carboxylic acids is 1. The molecule has 0 radical (unpaired) electrons. The predicted octanol–water partition coefficient (Wildman–Crippen LogP) is -0.241. The Morgan fingerprint density at radius 3 is 2.15 bits per heavy atom. The number of aliphatic hydroxyl groups excluding tert-OH is 1. The van der Waals surface area contributed by atoms with Crippen LogP contribution in [0.25, 0.3) is 10.9 Å². The Kier molecular flexibility index (Phi) is 15.2. The van der Waals surface area contributed by atoms with Crippen molar-refractivity contribution < 1.29 is 43.8 Å². The minimum Gasteiger partial charge on any atom is -0.480 e. The number of para-hydroxylation sites is 1. The molecule has 17 heteroatoms. The van der Waals surface area contributed by atoms with Crippen molar-refractivity contribution >= 4 is 52.3 Å². The van der Waals surface area contributed by atoms with Crippen LogP contribution in [0.4, 0.5) is 0 Å². The zero-order valence-corrected chi connectivity index (χ0v) is 32.0. The van der Waals surface area contributed by atoms with Gasteiger partial charge in [0, 0.05) is 36.6 Å². The number of hydrogen-bond acceptors (Lipinski definition) is 9. The van der Waals surface area contributed by atoms with Gasteiger partial charge in [-0.15, -0.1) is 0 Å². The van der Waals surface area contributed by atoms with Crippen molar-refractivity contribution in [3.05, 3.63) is 36.0 Å². The van der Waals surface area contributed by atoms with E-state index in [-0.39, 0.29) is 37.8 Å². The number of carboxylic acid groups (broad SMARTS) is 1. The van der Waals surface area contributed by atoms with Gasteiger partial charge in [-0.2, -0.15) is 0 Å². The molecule has 302 valence electrons. The van der Waals surface area contributed by atoms with E-state index in [1.165, 1.54) is 9.80 Å². The van der Waals surface area contributed by atoms with Gasteiger partial charge in [0.1, 0.15) is 30.2 Å². The molecule has 55 heavy (non-hydrogen) atoms. The fourth-order valence-corrected chi connectivity index (χ4v) is 7.29. The van der Waals surface area contributed by atoms with Crippen LogP contribution in [-0.4, -0.2) is 129 Å². The van der Waals surface area contributed by atoms with Crippen LogP contribution in [0, 0.1) is 11.8 Å². The topological polar surface area (TPSA) is 256 Å². The lowest BCUT2D eigenvalue weighted by Gasteiger charge is -2.33. The second kappa shape index (κ2) is 19.5. The number of fused-ring (bicyclic) bond motifs is 1. The lowest BCUT2D eigenvalue weighted by molar-refractivity contribution is -0.148. The molecular formula is C38H56N8O9. The predicted molar refractivity (Wildman–Crippen MR) is 202 cm³/mol. The Labute approximate surface area is 320 Å². The number of aliphatic carboxylic acids is 1. The highest BCUT2D eigenvalue weighted by atomic mass is 16.4. The molecule has 0 unspecified atom stereocenters. The third-order valence-electron chi connectivity index (χ3n) is 10.0. The van der Waals surface area contributed by atoms with Crippen LogP contribution in [0.3, 0.4) is 0 Å². The fourth-order valence-electron chi connectivity index (χ4n) is 7.29. The molecule has 3 heterocycles. The molecule has 2 saturated heterocycles. The number of nitrogens with zero attached hydrogens (tertiary/aromatic N) is 2. The number of aromatic nitrogens is 1. The summed E-state index contributed by atoms with van der Waals surface area (Å²) in [6.45, 7) is 6.80. The molecule has 2 fully saturated rings. The first-order chi connectivity index (χ1) is 26.1. The summed E-state index contributed by atoms with van der Waals surface area (Å²) in [5, 5.41) is 30.9. The van der Waals surface area contributed by atoms with Gasteiger partial charge in [-0.1, -0.05) is 45.9 Å². The maximum absolute atomic E-state index is 13.9. The van der Waals surface area contributed by atoms with Gasteiger partial charge in [0.25, 0.3) is 0 Å². The van der Waals surface area contributed by atoms with Crippen molar-refractivity contribution in [1.82, 2.24) is 36.1 Å². The van der Waals surface area contributed by atoms with Crippen LogP contribution < -0.4 is 27.0 Å². The van der Waals surface area contributed by atoms with Gasteiger partial charge >= 0.3 is 5.97 Å². The molecular weight excluding hydrogens is 712 g/mol. The van der Waals surface area contributed by atoms with E-state index in [0.717, 1.165) is 10.9 Å². The number of rotatable bonds is 18. The van der Waals surface area contributed by atoms with E-state index in [1.54, 1.807) is 6.20 Å². The van der Waals surface area contributed by atoms with E-state index >= 15 is 0 Å². The zero-order chi connectivity index (χ0) is 40.4. The summed E-state index contributed by atoms with van der Waals surface area (Å²) in [5.74, 6) is -4.71. The Bertz CT molecular complexity index is 1710. The number of nitrogens with two attached hydrogens (primary N) is 1. The molecule has 4 rings (SSSR count). The third kappa shape index (κ3) is 11.3. The Balaban J connectivity index is 1.35. The first-order valence-corrected chi connectivity index (χ1v) is 19.0. The van der Waals surface area contributed by atoms with E-state index in [9.17, 15) is 43.8 Å². The zero-order valence-electron chi connectivity index (χ0n) is 32.0. The van der Waals surface area contributed by atoms with Gasteiger partial charge in [0.05, 0.1) is 19.2 Å². The van der Waals surface area contributed by atoms with Gasteiger partial charge in [-0.05, 0) is 62.0 Å². The van der Waals surface area contributed by atoms with Gasteiger partial charge in [0.15, 0.2) is 0 Å². The van der Waals surface area contributed by atoms with Crippen molar-refractivity contribution in [2.24, 2.45) is 17.6 Å². The SMILES string of the molecule is CC(C)C[C@H](NC(=O)[C@@H]1CCCN1C(=O)[C@@H]1CCCN1C(=O)[C@H](CO)NC(=O)[C@@H](N)CC(C)C)C(=O)NCC(=O)N[C@@H](Cc1c[nH]c2ccccc12)C(=O)O. The van der Waals surface area contributed by atoms with E-state index in [2.05, 4.69) is 26.3 Å². The molecule has 1 aromatic carbocycles. The molecule has 1 aromatic heterocycles. The van der Waals surface area contributed by atoms with Gasteiger partial charge in [-0.25, -0.2) is 4.79 Å². The molecule has 2 aliphatic rings. The smallest absolute Gasteiger partial charge is 0.326 e. The van der Waals surface area contributed by atoms with Crippen molar-refractivity contribution in [3.63, 3.8) is 0 Å². The molecule has 0 bridgehead atoms. The Morgan fingerprint density at radius 2 is 1.49 bits per heavy atom. The summed E-state index contributed by atoms with van der Waals surface area (Å²) in [5.41, 5.74) is 7.50. The number of H-pyrrole nitrogens is 1. The highest BCUT2D eigenvalue weighted by Gasteiger charge is 2.44. The minimum absolute atomic E-state index is 0.0141. The van der Waals surface area contributed by atoms with Crippen LogP contribution in [-0.2, 0) is 40.0 Å². The van der Waals surface area contributed by atoms with Crippen molar-refractivity contribution in [1.29, 1.82) is 0 Å². The van der Waals surface area contributed by atoms with Crippen LogP contribution in [0.15, 0.2) is 30.5 Å². The normalized spacial score (nSPS) is 19.2. The van der Waals surface area contributed by atoms with E-state index in [4.69, 9.17) is 5.73 Å². The van der Waals surface area contributed by atoms with Crippen molar-refractivity contribution in [2.45, 2.75) is 109 Å². The number of carbonyl (C=O) groups is 7. The molecule has 6 atom stereocenters. The number of aliphatic hydroxyl groups is 1. The number of benzene rings is 1. The largest absolute Gasteiger partial charge is 0.480 e. The quantitative estimate of drug-likeness (QED) is 0.0988. The molecule has 9 N–H and O–H groups in total. The summed E-state index contributed by atoms with van der Waals surface area (Å²) < 4.78 is 0. The fraction of sp³-hybridized carbons (Fsp3) is 0.605. The monoisotopic (exact) mass is 768 g/mol. The average Bonchev–Trinajstić information content (AvgIpc) is 3.92. The molecule has 2 aromatic rings. The van der Waals surface area contributed by atoms with Gasteiger partial charge in [0.2, 0.25) is 35.4 Å². The first-order valence-electron chi connectivity index (χ1n) is 19.0. The summed E-state index contributed by atoms with van der Waals surface area (Å²) in [4.78, 5) is 97.8. The van der Waals surface area contributed by atoms with Crippen molar-refractivity contribution in [3.8, 4) is 0 Å². The number of carbonyl (C=O) groups excluding carboxylic acids is 6. The summed E-state index contributed by atoms with van der Waals surface area (Å²) in [6.07, 6.45) is 3.99. The third-order valence-corrected chi connectivity index (χ3v) is 10.0. The summed E-state index contributed by atoms with van der Waals surface area (Å²) in [7, 11) is 0. The Hall–Kier alpha value is -5.03. The van der Waals surface area contributed by atoms with Gasteiger partial charge in [-0.3, -0.25) is 28.8 Å². The molecule has 2 aliphatic heterocycles. The molecule has 17 nitrogen and oxygen atoms in total. The Morgan fingerprint density at radius 1 is 0.836 bits per heavy atom. The van der Waals surface area contributed by atoms with E-state index < -0.39 is 90.8 Å². The van der Waals surface area contributed by atoms with Crippen LogP contribution >= 0.6 is 0 Å². The number of likely N-dealkylation sites (tertiary alicyclic amines) is 2. The lowest BCUT2D eigenvalue weighted by Crippen LogP contribution is -2.59. The number of aromatic amines is 1. The standard InChI is InChI=1S/C38H56N8O9/c1-21(2)15-25(39)33(49)44-29(20-47)36(52)46-14-8-12-31(46)37(53)45-13-7-11-30(45)35(51)43-27(16-22(3)4)34(50)41-19-32(48)42-28(38(54)55)17-23-18-40-26-10-6-5-9-24(23)26/h5-6,9-10,18,21-22,25,27-31,40,47H,7-8,11-17,19-20,39H2,1-4H3,(H,41,50)(H,42,48)(H,43,51)(H,44,49)(H,54,55)/t25-,27-,28-,29-,30-,31-/m0/s1. The van der Waals surface area contributed by atoms with E-state index in [0.29, 0.717) is 37.7 Å². The minimum atomic E-state index is -1.29. The summed E-state index contributed by atoms with van der Waals surface area (Å²) >= 11 is 0. The maximum Gasteiger partial charge on any atom is 0.326 e. The van der Waals surface area contributed by atoms with Crippen LogP contribution in [0.5, 0.6) is 0 Å². The van der Waals surface area contributed by atoms with Crippen LogP contribution in [0.1, 0.15) is 71.8 Å².